The summed E-state index contributed by atoms with van der Waals surface area (Å²) in [4.78, 5) is 37.7. The summed E-state index contributed by atoms with van der Waals surface area (Å²) in [6.07, 6.45) is -3.52. The number of hydrogen-bond acceptors (Lipinski definition) is 4. The van der Waals surface area contributed by atoms with Crippen LogP contribution in [-0.2, 0) is 19.1 Å². The second kappa shape index (κ2) is 7.40. The van der Waals surface area contributed by atoms with Crippen molar-refractivity contribution in [3.63, 3.8) is 0 Å². The maximum atomic E-state index is 12.6. The fourth-order valence-electron chi connectivity index (χ4n) is 3.24. The van der Waals surface area contributed by atoms with Crippen molar-refractivity contribution < 1.29 is 32.3 Å². The minimum Gasteiger partial charge on any atom is -0.466 e. The van der Waals surface area contributed by atoms with Crippen molar-refractivity contribution in [3.05, 3.63) is 0 Å². The second-order valence-electron chi connectivity index (χ2n) is 6.01. The van der Waals surface area contributed by atoms with Crippen LogP contribution in [0.1, 0.15) is 32.6 Å². The molecule has 0 radical (unpaired) electrons. The van der Waals surface area contributed by atoms with Crippen LogP contribution in [-0.4, -0.2) is 66.0 Å². The summed E-state index contributed by atoms with van der Waals surface area (Å²) in [5, 5.41) is 0. The maximum absolute atomic E-state index is 12.6. The van der Waals surface area contributed by atoms with E-state index in [2.05, 4.69) is 0 Å². The number of piperidine rings is 1. The molecule has 9 heteroatoms. The molecule has 24 heavy (non-hydrogen) atoms. The van der Waals surface area contributed by atoms with Crippen LogP contribution in [0.25, 0.3) is 0 Å². The van der Waals surface area contributed by atoms with Crippen molar-refractivity contribution in [2.24, 2.45) is 5.92 Å². The number of alkyl halides is 3. The van der Waals surface area contributed by atoms with E-state index in [1.807, 2.05) is 0 Å². The summed E-state index contributed by atoms with van der Waals surface area (Å²) in [5.74, 6) is -3.02. The number of nitrogens with zero attached hydrogens (tertiary/aromatic N) is 2. The molecule has 0 aromatic rings. The number of carbonyl (C=O) groups is 3. The third kappa shape index (κ3) is 3.99. The zero-order valence-electron chi connectivity index (χ0n) is 13.5. The van der Waals surface area contributed by atoms with Crippen molar-refractivity contribution in [2.75, 3.05) is 26.2 Å². The van der Waals surface area contributed by atoms with Gasteiger partial charge in [0.25, 0.3) is 0 Å². The monoisotopic (exact) mass is 350 g/mol. The summed E-state index contributed by atoms with van der Waals surface area (Å²) in [6, 6.07) is -1.06. The molecule has 0 N–H and O–H groups in total. The van der Waals surface area contributed by atoms with Crippen molar-refractivity contribution in [1.29, 1.82) is 0 Å². The summed E-state index contributed by atoms with van der Waals surface area (Å²) in [7, 11) is 0. The van der Waals surface area contributed by atoms with Gasteiger partial charge in [0.2, 0.25) is 5.91 Å². The van der Waals surface area contributed by atoms with E-state index in [1.54, 1.807) is 6.92 Å². The van der Waals surface area contributed by atoms with Gasteiger partial charge in [-0.3, -0.25) is 14.4 Å². The molecule has 0 aromatic carbocycles. The summed E-state index contributed by atoms with van der Waals surface area (Å²) < 4.78 is 42.8. The van der Waals surface area contributed by atoms with Gasteiger partial charge in [-0.05, 0) is 32.6 Å². The van der Waals surface area contributed by atoms with Crippen LogP contribution < -0.4 is 0 Å². The van der Waals surface area contributed by atoms with E-state index in [0.717, 1.165) is 0 Å². The number of carbonyl (C=O) groups excluding carboxylic acids is 3. The molecule has 0 aliphatic carbocycles. The number of hydrogen-bond donors (Lipinski definition) is 0. The lowest BCUT2D eigenvalue weighted by atomic mass is 9.96. The quantitative estimate of drug-likeness (QED) is 0.721. The van der Waals surface area contributed by atoms with Crippen LogP contribution in [0, 0.1) is 5.92 Å². The molecule has 2 rings (SSSR count). The Morgan fingerprint density at radius 2 is 1.71 bits per heavy atom. The lowest BCUT2D eigenvalue weighted by Gasteiger charge is -2.34. The molecule has 136 valence electrons. The molecule has 1 unspecified atom stereocenters. The number of halogens is 3. The highest BCUT2D eigenvalue weighted by atomic mass is 19.4. The van der Waals surface area contributed by atoms with Gasteiger partial charge in [-0.15, -0.1) is 0 Å². The summed E-state index contributed by atoms with van der Waals surface area (Å²) in [5.41, 5.74) is 0. The average Bonchev–Trinajstić information content (AvgIpc) is 3.02. The number of amides is 2. The first kappa shape index (κ1) is 18.5. The molecule has 6 nitrogen and oxygen atoms in total. The number of rotatable bonds is 3. The van der Waals surface area contributed by atoms with E-state index in [0.29, 0.717) is 24.2 Å². The fraction of sp³-hybridized carbons (Fsp3) is 0.800. The van der Waals surface area contributed by atoms with Gasteiger partial charge in [-0.1, -0.05) is 0 Å². The lowest BCUT2D eigenvalue weighted by Crippen LogP contribution is -2.53. The Balaban J connectivity index is 1.95. The van der Waals surface area contributed by atoms with Gasteiger partial charge in [0.15, 0.2) is 0 Å². The zero-order valence-corrected chi connectivity index (χ0v) is 13.5. The van der Waals surface area contributed by atoms with Gasteiger partial charge in [0.05, 0.1) is 12.5 Å². The van der Waals surface area contributed by atoms with Gasteiger partial charge < -0.3 is 14.5 Å². The molecule has 2 aliphatic heterocycles. The number of ether oxygens (including phenoxy) is 1. The minimum absolute atomic E-state index is 0.0615. The second-order valence-corrected chi connectivity index (χ2v) is 6.01. The van der Waals surface area contributed by atoms with Crippen LogP contribution in [0.3, 0.4) is 0 Å². The van der Waals surface area contributed by atoms with Crippen LogP contribution in [0.15, 0.2) is 0 Å². The van der Waals surface area contributed by atoms with Crippen LogP contribution in [0.5, 0.6) is 0 Å². The molecule has 0 bridgehead atoms. The molecular weight excluding hydrogens is 329 g/mol. The van der Waals surface area contributed by atoms with Gasteiger partial charge in [0, 0.05) is 19.6 Å². The van der Waals surface area contributed by atoms with Gasteiger partial charge >= 0.3 is 18.1 Å². The van der Waals surface area contributed by atoms with Crippen LogP contribution >= 0.6 is 0 Å². The Hall–Kier alpha value is -1.80. The van der Waals surface area contributed by atoms with Crippen molar-refractivity contribution >= 4 is 17.8 Å². The highest BCUT2D eigenvalue weighted by Gasteiger charge is 2.48. The maximum Gasteiger partial charge on any atom is 0.471 e. The van der Waals surface area contributed by atoms with Gasteiger partial charge in [-0.2, -0.15) is 13.2 Å². The third-order valence-corrected chi connectivity index (χ3v) is 4.47. The molecule has 2 saturated heterocycles. The summed E-state index contributed by atoms with van der Waals surface area (Å²) in [6.45, 7) is 2.51. The van der Waals surface area contributed by atoms with E-state index in [-0.39, 0.29) is 44.5 Å². The molecule has 2 heterocycles. The molecule has 0 saturated carbocycles. The third-order valence-electron chi connectivity index (χ3n) is 4.47. The molecule has 2 amide bonds. The predicted octanol–water partition coefficient (Wildman–Crippen LogP) is 1.34. The fourth-order valence-corrected chi connectivity index (χ4v) is 3.24. The van der Waals surface area contributed by atoms with Crippen LogP contribution in [0.2, 0.25) is 0 Å². The zero-order chi connectivity index (χ0) is 17.9. The van der Waals surface area contributed by atoms with E-state index in [4.69, 9.17) is 4.74 Å². The van der Waals surface area contributed by atoms with E-state index in [9.17, 15) is 27.6 Å². The molecule has 1 atom stereocenters. The smallest absolute Gasteiger partial charge is 0.466 e. The normalized spacial score (nSPS) is 22.6. The van der Waals surface area contributed by atoms with Crippen LogP contribution in [0.4, 0.5) is 13.2 Å². The van der Waals surface area contributed by atoms with Crippen molar-refractivity contribution in [3.8, 4) is 0 Å². The van der Waals surface area contributed by atoms with E-state index >= 15 is 0 Å². The molecule has 2 fully saturated rings. The first-order valence-electron chi connectivity index (χ1n) is 8.09. The summed E-state index contributed by atoms with van der Waals surface area (Å²) >= 11 is 0. The van der Waals surface area contributed by atoms with E-state index < -0.39 is 24.0 Å². The lowest BCUT2D eigenvalue weighted by molar-refractivity contribution is -0.187. The van der Waals surface area contributed by atoms with Gasteiger partial charge in [0.1, 0.15) is 6.04 Å². The SMILES string of the molecule is CCOC(=O)C1CCN(C(=O)C2CCCN2C(=O)C(F)(F)F)CC1. The Morgan fingerprint density at radius 1 is 1.08 bits per heavy atom. The predicted molar refractivity (Wildman–Crippen MR) is 76.7 cm³/mol. The Labute approximate surface area is 137 Å². The molecule has 0 spiro atoms. The Morgan fingerprint density at radius 3 is 2.25 bits per heavy atom. The Kier molecular flexibility index (Phi) is 5.71. The van der Waals surface area contributed by atoms with Crippen molar-refractivity contribution in [1.82, 2.24) is 9.80 Å². The Bertz CT molecular complexity index is 501. The number of esters is 1. The molecule has 0 aromatic heterocycles. The largest absolute Gasteiger partial charge is 0.471 e. The topological polar surface area (TPSA) is 66.9 Å². The highest BCUT2D eigenvalue weighted by Crippen LogP contribution is 2.28. The first-order chi connectivity index (χ1) is 11.3. The molecule has 2 aliphatic rings. The number of likely N-dealkylation sites (tertiary alicyclic amines) is 2. The van der Waals surface area contributed by atoms with Gasteiger partial charge in [-0.25, -0.2) is 0 Å². The standard InChI is InChI=1S/C15H21F3N2O4/c1-2-24-13(22)10-5-8-19(9-6-10)12(21)11-4-3-7-20(11)14(23)15(16,17)18/h10-11H,2-9H2,1H3. The minimum atomic E-state index is -4.97. The first-order valence-corrected chi connectivity index (χ1v) is 8.09. The average molecular weight is 350 g/mol. The van der Waals surface area contributed by atoms with Crippen molar-refractivity contribution in [2.45, 2.75) is 44.8 Å². The van der Waals surface area contributed by atoms with E-state index in [1.165, 1.54) is 4.90 Å². The molecular formula is C15H21F3N2O4. The highest BCUT2D eigenvalue weighted by molar-refractivity contribution is 5.90.